The van der Waals surface area contributed by atoms with Gasteiger partial charge in [0.05, 0.1) is 5.57 Å². The Morgan fingerprint density at radius 1 is 0.833 bits per heavy atom. The highest BCUT2D eigenvalue weighted by molar-refractivity contribution is 7.12. The van der Waals surface area contributed by atoms with E-state index in [1.165, 1.54) is 14.6 Å². The van der Waals surface area contributed by atoms with Crippen molar-refractivity contribution in [2.45, 2.75) is 27.7 Å². The first kappa shape index (κ1) is 19.2. The lowest BCUT2D eigenvalue weighted by atomic mass is 9.94. The van der Waals surface area contributed by atoms with Gasteiger partial charge in [-0.1, -0.05) is 6.07 Å². The van der Waals surface area contributed by atoms with Gasteiger partial charge in [-0.2, -0.15) is 0 Å². The highest BCUT2D eigenvalue weighted by Crippen LogP contribution is 2.45. The number of carbonyl (C=O) groups excluding carboxylic acids is 1. The van der Waals surface area contributed by atoms with Crippen molar-refractivity contribution >= 4 is 45.9 Å². The van der Waals surface area contributed by atoms with Crippen molar-refractivity contribution in [2.75, 3.05) is 6.79 Å². The Hall–Kier alpha value is -2.83. The van der Waals surface area contributed by atoms with Crippen LogP contribution in [0.15, 0.2) is 36.1 Å². The molecule has 0 unspecified atom stereocenters. The first-order valence-corrected chi connectivity index (χ1v) is 11.3. The molecule has 2 aromatic heterocycles. The lowest BCUT2D eigenvalue weighted by molar-refractivity contribution is -0.131. The molecule has 0 saturated carbocycles. The van der Waals surface area contributed by atoms with Gasteiger partial charge >= 0.3 is 5.97 Å². The highest BCUT2D eigenvalue weighted by Gasteiger charge is 2.34. The van der Waals surface area contributed by atoms with Crippen LogP contribution in [0.1, 0.15) is 36.2 Å². The molecule has 3 aromatic rings. The van der Waals surface area contributed by atoms with Crippen LogP contribution in [0.2, 0.25) is 0 Å². The molecule has 0 bridgehead atoms. The van der Waals surface area contributed by atoms with Gasteiger partial charge in [0, 0.05) is 36.2 Å². The van der Waals surface area contributed by atoms with Gasteiger partial charge in [0.25, 0.3) is 0 Å². The molecule has 4 heterocycles. The second-order valence-corrected chi connectivity index (χ2v) is 10.3. The lowest BCUT2D eigenvalue weighted by Gasteiger charge is -2.06. The maximum atomic E-state index is 13.1. The molecular formula is C24H20O4S2. The van der Waals surface area contributed by atoms with Crippen LogP contribution in [0.4, 0.5) is 0 Å². The fraction of sp³-hybridized carbons (Fsp3) is 0.208. The first-order chi connectivity index (χ1) is 14.4. The molecule has 4 nitrogen and oxygen atoms in total. The van der Waals surface area contributed by atoms with Crippen LogP contribution in [-0.2, 0) is 9.53 Å². The molecular weight excluding hydrogens is 416 g/mol. The standard InChI is InChI=1S/C24H20O4S2/c1-12-7-17(14(3)29-12)22-21(10-16-5-6-19-20(9-16)27-11-26-19)28-24(25)23(22)18-8-13(2)30-15(18)4/h5-10H,11H2,1-4H3. The number of esters is 1. The normalized spacial score (nSPS) is 16.7. The number of rotatable bonds is 3. The maximum Gasteiger partial charge on any atom is 0.344 e. The van der Waals surface area contributed by atoms with Crippen molar-refractivity contribution < 1.29 is 19.0 Å². The number of fused-ring (bicyclic) bond motifs is 1. The summed E-state index contributed by atoms with van der Waals surface area (Å²) in [6.07, 6.45) is 1.91. The number of hydrogen-bond donors (Lipinski definition) is 0. The van der Waals surface area contributed by atoms with Gasteiger partial charge in [-0.3, -0.25) is 0 Å². The summed E-state index contributed by atoms with van der Waals surface area (Å²) >= 11 is 3.42. The van der Waals surface area contributed by atoms with Crippen LogP contribution in [-0.4, -0.2) is 12.8 Å². The Morgan fingerprint density at radius 3 is 2.10 bits per heavy atom. The molecule has 0 radical (unpaired) electrons. The molecule has 0 fully saturated rings. The third-order valence-electron chi connectivity index (χ3n) is 5.22. The summed E-state index contributed by atoms with van der Waals surface area (Å²) in [6, 6.07) is 9.94. The largest absolute Gasteiger partial charge is 0.454 e. The molecule has 0 N–H and O–H groups in total. The van der Waals surface area contributed by atoms with Crippen molar-refractivity contribution in [1.82, 2.24) is 0 Å². The summed E-state index contributed by atoms with van der Waals surface area (Å²) in [4.78, 5) is 17.7. The first-order valence-electron chi connectivity index (χ1n) is 9.63. The van der Waals surface area contributed by atoms with Gasteiger partial charge in [0.1, 0.15) is 5.76 Å². The van der Waals surface area contributed by atoms with E-state index in [9.17, 15) is 4.79 Å². The van der Waals surface area contributed by atoms with Crippen LogP contribution in [0, 0.1) is 27.7 Å². The fourth-order valence-electron chi connectivity index (χ4n) is 3.95. The highest BCUT2D eigenvalue weighted by atomic mass is 32.1. The Morgan fingerprint density at radius 2 is 1.47 bits per heavy atom. The Bertz CT molecular complexity index is 1260. The predicted octanol–water partition coefficient (Wildman–Crippen LogP) is 6.28. The van der Waals surface area contributed by atoms with Gasteiger partial charge < -0.3 is 14.2 Å². The maximum absolute atomic E-state index is 13.1. The van der Waals surface area contributed by atoms with E-state index >= 15 is 0 Å². The van der Waals surface area contributed by atoms with Crippen LogP contribution in [0.3, 0.4) is 0 Å². The number of cyclic esters (lactones) is 1. The van der Waals surface area contributed by atoms with Crippen LogP contribution >= 0.6 is 22.7 Å². The summed E-state index contributed by atoms with van der Waals surface area (Å²) in [5.41, 5.74) is 4.40. The molecule has 0 aliphatic carbocycles. The van der Waals surface area contributed by atoms with E-state index in [1.54, 1.807) is 22.7 Å². The van der Waals surface area contributed by atoms with E-state index in [0.717, 1.165) is 32.9 Å². The average Bonchev–Trinajstić information content (AvgIpc) is 3.42. The summed E-state index contributed by atoms with van der Waals surface area (Å²) in [5, 5.41) is 0. The minimum Gasteiger partial charge on any atom is -0.454 e. The zero-order valence-electron chi connectivity index (χ0n) is 17.1. The van der Waals surface area contributed by atoms with Gasteiger partial charge in [0.15, 0.2) is 11.5 Å². The van der Waals surface area contributed by atoms with E-state index in [-0.39, 0.29) is 12.8 Å². The number of benzene rings is 1. The van der Waals surface area contributed by atoms with Crippen molar-refractivity contribution in [3.63, 3.8) is 0 Å². The van der Waals surface area contributed by atoms with Gasteiger partial charge in [-0.15, -0.1) is 22.7 Å². The van der Waals surface area contributed by atoms with Crippen molar-refractivity contribution in [3.05, 3.63) is 72.3 Å². The summed E-state index contributed by atoms with van der Waals surface area (Å²) in [6.45, 7) is 8.51. The number of thiophene rings is 2. The van der Waals surface area contributed by atoms with Crippen molar-refractivity contribution in [2.24, 2.45) is 0 Å². The Kier molecular flexibility index (Phi) is 4.56. The van der Waals surface area contributed by atoms with Crippen LogP contribution in [0.25, 0.3) is 17.2 Å². The molecule has 30 heavy (non-hydrogen) atoms. The average molecular weight is 437 g/mol. The smallest absolute Gasteiger partial charge is 0.344 e. The monoisotopic (exact) mass is 436 g/mol. The summed E-state index contributed by atoms with van der Waals surface area (Å²) in [7, 11) is 0. The third kappa shape index (κ3) is 3.16. The van der Waals surface area contributed by atoms with Crippen molar-refractivity contribution in [1.29, 1.82) is 0 Å². The molecule has 0 atom stereocenters. The van der Waals surface area contributed by atoms with Gasteiger partial charge in [-0.05, 0) is 63.6 Å². The number of aryl methyl sites for hydroxylation is 4. The number of hydrogen-bond acceptors (Lipinski definition) is 6. The Labute approximate surface area is 183 Å². The molecule has 0 amide bonds. The van der Waals surface area contributed by atoms with Crippen LogP contribution < -0.4 is 9.47 Å². The minimum absolute atomic E-state index is 0.226. The number of ether oxygens (including phenoxy) is 3. The van der Waals surface area contributed by atoms with Gasteiger partial charge in [-0.25, -0.2) is 4.79 Å². The molecule has 2 aliphatic rings. The van der Waals surface area contributed by atoms with E-state index in [4.69, 9.17) is 14.2 Å². The molecule has 152 valence electrons. The molecule has 0 spiro atoms. The molecule has 6 heteroatoms. The van der Waals surface area contributed by atoms with E-state index in [1.807, 2.05) is 24.3 Å². The van der Waals surface area contributed by atoms with E-state index in [0.29, 0.717) is 17.1 Å². The lowest BCUT2D eigenvalue weighted by Crippen LogP contribution is -1.98. The molecule has 0 saturated heterocycles. The third-order valence-corrected chi connectivity index (χ3v) is 7.15. The van der Waals surface area contributed by atoms with Crippen molar-refractivity contribution in [3.8, 4) is 11.5 Å². The summed E-state index contributed by atoms with van der Waals surface area (Å²) < 4.78 is 16.7. The molecule has 5 rings (SSSR count). The van der Waals surface area contributed by atoms with E-state index in [2.05, 4.69) is 39.8 Å². The second kappa shape index (κ2) is 7.15. The number of carbonyl (C=O) groups is 1. The van der Waals surface area contributed by atoms with Gasteiger partial charge in [0.2, 0.25) is 6.79 Å². The van der Waals surface area contributed by atoms with E-state index < -0.39 is 0 Å². The Balaban J connectivity index is 1.72. The molecule has 1 aromatic carbocycles. The zero-order chi connectivity index (χ0) is 21.0. The second-order valence-electron chi connectivity index (χ2n) is 7.41. The minimum atomic E-state index is -0.304. The predicted molar refractivity (Wildman–Crippen MR) is 121 cm³/mol. The molecule has 2 aliphatic heterocycles. The van der Waals surface area contributed by atoms with Crippen LogP contribution in [0.5, 0.6) is 11.5 Å². The SMILES string of the molecule is Cc1cc(C2=C(c3cc(C)sc3C)C(=Cc3ccc4c(c3)OCO4)OC2=O)c(C)s1. The quantitative estimate of drug-likeness (QED) is 0.453. The number of allylic oxidation sites excluding steroid dienone is 1. The summed E-state index contributed by atoms with van der Waals surface area (Å²) in [5.74, 6) is 1.69. The zero-order valence-corrected chi connectivity index (χ0v) is 18.8. The topological polar surface area (TPSA) is 44.8 Å². The fourth-order valence-corrected chi connectivity index (χ4v) is 5.81.